The highest BCUT2D eigenvalue weighted by atomic mass is 16.6. The van der Waals surface area contributed by atoms with Crippen LogP contribution in [0.15, 0.2) is 42.5 Å². The van der Waals surface area contributed by atoms with Crippen LogP contribution in [-0.2, 0) is 9.47 Å². The van der Waals surface area contributed by atoms with Gasteiger partial charge in [0.05, 0.1) is 12.2 Å². The number of carbonyl (C=O) groups is 1. The van der Waals surface area contributed by atoms with Gasteiger partial charge in [0.25, 0.3) is 0 Å². The molecule has 0 aliphatic carbocycles. The Balaban J connectivity index is 2.02. The Morgan fingerprint density at radius 1 is 1.38 bits per heavy atom. The van der Waals surface area contributed by atoms with Crippen LogP contribution in [0.25, 0.3) is 0 Å². The van der Waals surface area contributed by atoms with Crippen molar-refractivity contribution in [3.05, 3.63) is 48.0 Å². The third-order valence-electron chi connectivity index (χ3n) is 2.22. The lowest BCUT2D eigenvalue weighted by atomic mass is 10.2. The summed E-state index contributed by atoms with van der Waals surface area (Å²) in [5.41, 5.74) is 0.452. The van der Waals surface area contributed by atoms with Crippen LogP contribution in [0.3, 0.4) is 0 Å². The summed E-state index contributed by atoms with van der Waals surface area (Å²) >= 11 is 0. The third-order valence-corrected chi connectivity index (χ3v) is 2.22. The quantitative estimate of drug-likeness (QED) is 0.599. The average molecular weight is 220 g/mol. The molecule has 1 aliphatic heterocycles. The van der Waals surface area contributed by atoms with Gasteiger partial charge >= 0.3 is 5.97 Å². The van der Waals surface area contributed by atoms with E-state index in [4.69, 9.17) is 9.47 Å². The summed E-state index contributed by atoms with van der Waals surface area (Å²) in [5.74, 6) is -0.472. The van der Waals surface area contributed by atoms with Gasteiger partial charge in [0, 0.05) is 0 Å². The Morgan fingerprint density at radius 3 is 2.81 bits per heavy atom. The highest BCUT2D eigenvalue weighted by Gasteiger charge is 2.24. The maximum Gasteiger partial charge on any atom is 0.338 e. The highest BCUT2D eigenvalue weighted by molar-refractivity contribution is 5.89. The molecule has 4 nitrogen and oxygen atoms in total. The fourth-order valence-electron chi connectivity index (χ4n) is 1.40. The molecule has 1 N–H and O–H groups in total. The summed E-state index contributed by atoms with van der Waals surface area (Å²) in [4.78, 5) is 11.6. The van der Waals surface area contributed by atoms with E-state index in [0.717, 1.165) is 0 Å². The van der Waals surface area contributed by atoms with E-state index in [1.807, 2.05) is 6.07 Å². The van der Waals surface area contributed by atoms with Gasteiger partial charge in [-0.25, -0.2) is 4.79 Å². The number of rotatable bonds is 2. The molecule has 0 saturated heterocycles. The molecule has 0 saturated carbocycles. The zero-order chi connectivity index (χ0) is 11.4. The first-order valence-corrected chi connectivity index (χ1v) is 5.00. The van der Waals surface area contributed by atoms with Crippen LogP contribution in [0.2, 0.25) is 0 Å². The predicted octanol–water partition coefficient (Wildman–Crippen LogP) is 1.12. The molecular formula is C12H12O4. The van der Waals surface area contributed by atoms with E-state index in [0.29, 0.717) is 12.2 Å². The van der Waals surface area contributed by atoms with Crippen molar-refractivity contribution in [3.63, 3.8) is 0 Å². The molecule has 84 valence electrons. The summed E-state index contributed by atoms with van der Waals surface area (Å²) in [6.07, 6.45) is 1.50. The van der Waals surface area contributed by atoms with Crippen molar-refractivity contribution < 1.29 is 19.4 Å². The average Bonchev–Trinajstić information content (AvgIpc) is 2.33. The van der Waals surface area contributed by atoms with Crippen molar-refractivity contribution in [3.8, 4) is 0 Å². The molecule has 0 spiro atoms. The van der Waals surface area contributed by atoms with E-state index in [2.05, 4.69) is 0 Å². The van der Waals surface area contributed by atoms with Crippen LogP contribution in [0.4, 0.5) is 0 Å². The zero-order valence-electron chi connectivity index (χ0n) is 8.58. The molecule has 1 heterocycles. The molecule has 0 radical (unpaired) electrons. The monoisotopic (exact) mass is 220 g/mol. The molecule has 2 rings (SSSR count). The van der Waals surface area contributed by atoms with Crippen molar-refractivity contribution in [1.29, 1.82) is 0 Å². The Labute approximate surface area is 93.1 Å². The van der Waals surface area contributed by atoms with Crippen LogP contribution in [-0.4, -0.2) is 30.1 Å². The van der Waals surface area contributed by atoms with Crippen LogP contribution in [0, 0.1) is 0 Å². The second-order valence-corrected chi connectivity index (χ2v) is 3.39. The molecule has 1 aromatic carbocycles. The van der Waals surface area contributed by atoms with Gasteiger partial charge < -0.3 is 14.6 Å². The minimum Gasteiger partial charge on any atom is -0.449 e. The van der Waals surface area contributed by atoms with Crippen LogP contribution >= 0.6 is 0 Å². The number of ether oxygens (including phenoxy) is 2. The molecule has 16 heavy (non-hydrogen) atoms. The van der Waals surface area contributed by atoms with E-state index in [1.165, 1.54) is 0 Å². The number of benzene rings is 1. The molecule has 4 heteroatoms. The number of aliphatic hydroxyl groups is 1. The van der Waals surface area contributed by atoms with Crippen molar-refractivity contribution in [1.82, 2.24) is 0 Å². The molecule has 2 unspecified atom stereocenters. The standard InChI is InChI=1S/C12H12O4/c13-11(9-5-2-1-3-6-9)16-10-7-4-8-15-12(10)14/h1-7,10,12,14H,8H2. The van der Waals surface area contributed by atoms with E-state index in [9.17, 15) is 9.90 Å². The summed E-state index contributed by atoms with van der Waals surface area (Å²) in [6.45, 7) is 0.334. The van der Waals surface area contributed by atoms with E-state index in [1.54, 1.807) is 36.4 Å². The smallest absolute Gasteiger partial charge is 0.338 e. The van der Waals surface area contributed by atoms with Crippen molar-refractivity contribution in [2.75, 3.05) is 6.61 Å². The first-order chi connectivity index (χ1) is 7.77. The molecule has 0 aromatic heterocycles. The number of aliphatic hydroxyl groups excluding tert-OH is 1. The Morgan fingerprint density at radius 2 is 2.12 bits per heavy atom. The Hall–Kier alpha value is -1.65. The molecule has 0 amide bonds. The van der Waals surface area contributed by atoms with Gasteiger partial charge in [-0.05, 0) is 18.2 Å². The summed E-state index contributed by atoms with van der Waals surface area (Å²) < 4.78 is 10.0. The van der Waals surface area contributed by atoms with E-state index < -0.39 is 18.4 Å². The van der Waals surface area contributed by atoms with Gasteiger partial charge in [0.2, 0.25) is 0 Å². The third kappa shape index (κ3) is 2.48. The lowest BCUT2D eigenvalue weighted by molar-refractivity contribution is -0.149. The van der Waals surface area contributed by atoms with Gasteiger partial charge in [0.15, 0.2) is 12.4 Å². The normalized spacial score (nSPS) is 24.1. The summed E-state index contributed by atoms with van der Waals surface area (Å²) in [7, 11) is 0. The minimum atomic E-state index is -1.09. The first kappa shape index (κ1) is 10.9. The van der Waals surface area contributed by atoms with Crippen LogP contribution in [0.1, 0.15) is 10.4 Å². The molecular weight excluding hydrogens is 208 g/mol. The summed E-state index contributed by atoms with van der Waals surface area (Å²) in [6, 6.07) is 8.62. The Bertz CT molecular complexity index is 385. The SMILES string of the molecule is O=C(OC1C=CCOC1O)c1ccccc1. The second-order valence-electron chi connectivity index (χ2n) is 3.39. The van der Waals surface area contributed by atoms with Crippen LogP contribution < -0.4 is 0 Å². The van der Waals surface area contributed by atoms with Gasteiger partial charge in [-0.15, -0.1) is 0 Å². The maximum absolute atomic E-state index is 11.6. The van der Waals surface area contributed by atoms with Gasteiger partial charge in [-0.2, -0.15) is 0 Å². The van der Waals surface area contributed by atoms with Gasteiger partial charge in [-0.1, -0.05) is 24.3 Å². The first-order valence-electron chi connectivity index (χ1n) is 5.00. The lowest BCUT2D eigenvalue weighted by Gasteiger charge is -2.23. The zero-order valence-corrected chi connectivity index (χ0v) is 8.58. The van der Waals surface area contributed by atoms with Crippen molar-refractivity contribution in [2.45, 2.75) is 12.4 Å². The van der Waals surface area contributed by atoms with Crippen molar-refractivity contribution in [2.24, 2.45) is 0 Å². The van der Waals surface area contributed by atoms with E-state index >= 15 is 0 Å². The minimum absolute atomic E-state index is 0.334. The van der Waals surface area contributed by atoms with Crippen molar-refractivity contribution >= 4 is 5.97 Å². The fraction of sp³-hybridized carbons (Fsp3) is 0.250. The molecule has 0 fully saturated rings. The molecule has 2 atom stereocenters. The fourth-order valence-corrected chi connectivity index (χ4v) is 1.40. The largest absolute Gasteiger partial charge is 0.449 e. The Kier molecular flexibility index (Phi) is 3.34. The van der Waals surface area contributed by atoms with Crippen LogP contribution in [0.5, 0.6) is 0 Å². The highest BCUT2D eigenvalue weighted by Crippen LogP contribution is 2.11. The molecule has 0 bridgehead atoms. The van der Waals surface area contributed by atoms with Gasteiger partial charge in [-0.3, -0.25) is 0 Å². The topological polar surface area (TPSA) is 55.8 Å². The van der Waals surface area contributed by atoms with Gasteiger partial charge in [0.1, 0.15) is 0 Å². The maximum atomic E-state index is 11.6. The number of esters is 1. The van der Waals surface area contributed by atoms with E-state index in [-0.39, 0.29) is 0 Å². The second kappa shape index (κ2) is 4.92. The molecule has 1 aromatic rings. The number of hydrogen-bond acceptors (Lipinski definition) is 4. The lowest BCUT2D eigenvalue weighted by Crippen LogP contribution is -2.34. The number of carbonyl (C=O) groups excluding carboxylic acids is 1. The summed E-state index contributed by atoms with van der Waals surface area (Å²) in [5, 5.41) is 9.41. The molecule has 1 aliphatic rings. The number of hydrogen-bond donors (Lipinski definition) is 1. The predicted molar refractivity (Wildman–Crippen MR) is 56.7 cm³/mol.